The van der Waals surface area contributed by atoms with Crippen molar-refractivity contribution in [2.45, 2.75) is 50.9 Å². The van der Waals surface area contributed by atoms with Gasteiger partial charge >= 0.3 is 7.12 Å². The van der Waals surface area contributed by atoms with Crippen molar-refractivity contribution >= 4 is 7.12 Å². The summed E-state index contributed by atoms with van der Waals surface area (Å²) in [5.41, 5.74) is 3.50. The predicted molar refractivity (Wildman–Crippen MR) is 65.9 cm³/mol. The van der Waals surface area contributed by atoms with E-state index in [9.17, 15) is 4.39 Å². The molecule has 0 saturated carbocycles. The molecule has 94 valence electrons. The minimum atomic E-state index is -1.63. The zero-order valence-electron chi connectivity index (χ0n) is 10.8. The zero-order valence-corrected chi connectivity index (χ0v) is 10.8. The van der Waals surface area contributed by atoms with Gasteiger partial charge in [-0.05, 0) is 39.8 Å². The number of hydrogen-bond donors (Lipinski definition) is 1. The topological polar surface area (TPSA) is 44.5 Å². The van der Waals surface area contributed by atoms with Crippen molar-refractivity contribution in [1.82, 2.24) is 0 Å². The molecule has 0 radical (unpaired) electrons. The van der Waals surface area contributed by atoms with Gasteiger partial charge in [0, 0.05) is 12.1 Å². The van der Waals surface area contributed by atoms with Crippen LogP contribution in [0.3, 0.4) is 0 Å². The lowest BCUT2D eigenvalue weighted by atomic mass is 9.65. The second-order valence-electron chi connectivity index (χ2n) is 5.76. The van der Waals surface area contributed by atoms with Crippen LogP contribution in [0, 0.1) is 0 Å². The Hall–Kier alpha value is -0.805. The van der Waals surface area contributed by atoms with Gasteiger partial charge in [0.2, 0.25) is 0 Å². The average Bonchev–Trinajstić information content (AvgIpc) is 2.42. The van der Waals surface area contributed by atoms with E-state index in [1.807, 2.05) is 27.7 Å². The number of nitrogens with two attached hydrogens (primary N) is 1. The Balaban J connectivity index is 2.20. The molecule has 1 atom stereocenters. The molecular formula is C12H19BFNO2. The fourth-order valence-corrected chi connectivity index (χ4v) is 1.86. The first-order valence-electron chi connectivity index (χ1n) is 5.86. The van der Waals surface area contributed by atoms with Gasteiger partial charge in [-0.15, -0.1) is 0 Å². The molecule has 0 spiro atoms. The van der Waals surface area contributed by atoms with Gasteiger partial charge < -0.3 is 15.0 Å². The Kier molecular flexibility index (Phi) is 2.67. The van der Waals surface area contributed by atoms with Gasteiger partial charge in [-0.25, -0.2) is 4.39 Å². The van der Waals surface area contributed by atoms with E-state index in [0.29, 0.717) is 5.70 Å². The maximum absolute atomic E-state index is 14.7. The van der Waals surface area contributed by atoms with Crippen molar-refractivity contribution in [1.29, 1.82) is 0 Å². The molecule has 0 bridgehead atoms. The van der Waals surface area contributed by atoms with Crippen LogP contribution in [0.2, 0.25) is 0 Å². The Bertz CT molecular complexity index is 376. The molecule has 0 amide bonds. The lowest BCUT2D eigenvalue weighted by Crippen LogP contribution is -2.44. The maximum Gasteiger partial charge on any atom is 0.502 e. The molecule has 1 fully saturated rings. The fourth-order valence-electron chi connectivity index (χ4n) is 1.86. The molecule has 0 aromatic rings. The van der Waals surface area contributed by atoms with Gasteiger partial charge in [-0.2, -0.15) is 0 Å². The summed E-state index contributed by atoms with van der Waals surface area (Å²) in [5.74, 6) is 0. The molecule has 2 N–H and O–H groups in total. The maximum atomic E-state index is 14.7. The summed E-state index contributed by atoms with van der Waals surface area (Å²) in [7, 11) is -0.881. The van der Waals surface area contributed by atoms with E-state index < -0.39 is 23.9 Å². The summed E-state index contributed by atoms with van der Waals surface area (Å²) in [6, 6.07) is 0. The normalized spacial score (nSPS) is 34.9. The molecule has 2 aliphatic rings. The van der Waals surface area contributed by atoms with Gasteiger partial charge in [-0.3, -0.25) is 0 Å². The molecule has 1 aliphatic heterocycles. The molecule has 1 aliphatic carbocycles. The molecule has 0 aromatic heterocycles. The van der Waals surface area contributed by atoms with Crippen molar-refractivity contribution in [3.63, 3.8) is 0 Å². The van der Waals surface area contributed by atoms with E-state index in [1.165, 1.54) is 6.08 Å². The van der Waals surface area contributed by atoms with E-state index in [-0.39, 0.29) is 6.42 Å². The van der Waals surface area contributed by atoms with Crippen LogP contribution in [0.25, 0.3) is 0 Å². The van der Waals surface area contributed by atoms with Crippen LogP contribution in [-0.2, 0) is 9.31 Å². The Labute approximate surface area is 102 Å². The van der Waals surface area contributed by atoms with Crippen LogP contribution in [0.1, 0.15) is 34.1 Å². The molecular weight excluding hydrogens is 220 g/mol. The quantitative estimate of drug-likeness (QED) is 0.713. The Morgan fingerprint density at radius 3 is 2.18 bits per heavy atom. The largest absolute Gasteiger partial charge is 0.502 e. The van der Waals surface area contributed by atoms with E-state index in [4.69, 9.17) is 15.0 Å². The van der Waals surface area contributed by atoms with Crippen molar-refractivity contribution in [2.24, 2.45) is 5.73 Å². The smallest absolute Gasteiger partial charge is 0.401 e. The summed E-state index contributed by atoms with van der Waals surface area (Å²) < 4.78 is 26.1. The first-order valence-corrected chi connectivity index (χ1v) is 5.86. The number of alkyl halides is 1. The molecule has 17 heavy (non-hydrogen) atoms. The van der Waals surface area contributed by atoms with Crippen LogP contribution in [-0.4, -0.2) is 23.9 Å². The molecule has 0 aromatic carbocycles. The first-order chi connectivity index (χ1) is 7.66. The van der Waals surface area contributed by atoms with Crippen LogP contribution in [0.4, 0.5) is 4.39 Å². The minimum absolute atomic E-state index is 0.187. The van der Waals surface area contributed by atoms with E-state index in [2.05, 4.69) is 0 Å². The average molecular weight is 239 g/mol. The van der Waals surface area contributed by atoms with Gasteiger partial charge in [0.15, 0.2) is 5.57 Å². The second-order valence-corrected chi connectivity index (χ2v) is 5.76. The van der Waals surface area contributed by atoms with E-state index in [1.54, 1.807) is 12.2 Å². The summed E-state index contributed by atoms with van der Waals surface area (Å²) >= 11 is 0. The number of hydrogen-bond acceptors (Lipinski definition) is 3. The van der Waals surface area contributed by atoms with Crippen molar-refractivity contribution < 1.29 is 13.7 Å². The number of allylic oxidation sites excluding steroid dienone is 3. The van der Waals surface area contributed by atoms with E-state index in [0.717, 1.165) is 0 Å². The third-order valence-corrected chi connectivity index (χ3v) is 3.85. The van der Waals surface area contributed by atoms with Crippen molar-refractivity contribution in [2.75, 3.05) is 0 Å². The molecule has 2 rings (SSSR count). The molecule has 5 heteroatoms. The molecule has 1 saturated heterocycles. The highest BCUT2D eigenvalue weighted by molar-refractivity contribution is 6.50. The number of rotatable bonds is 1. The number of halogens is 1. The van der Waals surface area contributed by atoms with Crippen molar-refractivity contribution in [3.05, 3.63) is 23.9 Å². The van der Waals surface area contributed by atoms with Crippen LogP contribution < -0.4 is 5.73 Å². The summed E-state index contributed by atoms with van der Waals surface area (Å²) in [4.78, 5) is 0. The SMILES string of the molecule is CC1(C)OB(C2(F)C=CC(N)=CC2)OC1(C)C. The summed E-state index contributed by atoms with van der Waals surface area (Å²) in [6.45, 7) is 7.64. The van der Waals surface area contributed by atoms with Gasteiger partial charge in [0.05, 0.1) is 11.2 Å². The highest BCUT2D eigenvalue weighted by Gasteiger charge is 2.59. The lowest BCUT2D eigenvalue weighted by Gasteiger charge is -2.32. The molecule has 3 nitrogen and oxygen atoms in total. The van der Waals surface area contributed by atoms with Crippen LogP contribution >= 0.6 is 0 Å². The fraction of sp³-hybridized carbons (Fsp3) is 0.667. The minimum Gasteiger partial charge on any atom is -0.401 e. The third-order valence-electron chi connectivity index (χ3n) is 3.85. The van der Waals surface area contributed by atoms with Gasteiger partial charge in [-0.1, -0.05) is 6.08 Å². The second kappa shape index (κ2) is 3.59. The standard InChI is InChI=1S/C12H19BFNO2/c1-10(2)11(3,4)17-13(16-10)12(14)7-5-9(15)6-8-12/h5-7H,8,15H2,1-4H3. The first kappa shape index (κ1) is 12.6. The zero-order chi connectivity index (χ0) is 12.9. The summed E-state index contributed by atoms with van der Waals surface area (Å²) in [5, 5.41) is 0. The Morgan fingerprint density at radius 2 is 1.76 bits per heavy atom. The molecule has 1 heterocycles. The summed E-state index contributed by atoms with van der Waals surface area (Å²) in [6.07, 6.45) is 4.84. The van der Waals surface area contributed by atoms with Crippen LogP contribution in [0.15, 0.2) is 23.9 Å². The van der Waals surface area contributed by atoms with Gasteiger partial charge in [0.1, 0.15) is 0 Å². The van der Waals surface area contributed by atoms with E-state index >= 15 is 0 Å². The van der Waals surface area contributed by atoms with Crippen LogP contribution in [0.5, 0.6) is 0 Å². The van der Waals surface area contributed by atoms with Crippen molar-refractivity contribution in [3.8, 4) is 0 Å². The van der Waals surface area contributed by atoms with Gasteiger partial charge in [0.25, 0.3) is 0 Å². The highest BCUT2D eigenvalue weighted by Crippen LogP contribution is 2.42. The molecule has 1 unspecified atom stereocenters. The third kappa shape index (κ3) is 2.02. The predicted octanol–water partition coefficient (Wildman–Crippen LogP) is 2.13. The monoisotopic (exact) mass is 239 g/mol. The Morgan fingerprint density at radius 1 is 1.24 bits per heavy atom. The lowest BCUT2D eigenvalue weighted by molar-refractivity contribution is 0.00578. The highest BCUT2D eigenvalue weighted by atomic mass is 19.1.